The maximum absolute atomic E-state index is 12.5. The predicted molar refractivity (Wildman–Crippen MR) is 103 cm³/mol. The number of furan rings is 1. The standard InChI is InChI=1S/C20H24N6O2/c1-14(22-20(27)17-6-11-28-15(17)2)19-24-23-18-5-8-25(9-10-26(18)19)13-16-4-3-7-21-12-16/h3-4,6-7,11-12,14H,5,8-10,13H2,1-2H3,(H,22,27). The van der Waals surface area contributed by atoms with E-state index in [4.69, 9.17) is 4.42 Å². The molecule has 28 heavy (non-hydrogen) atoms. The molecule has 0 saturated heterocycles. The molecule has 0 aliphatic carbocycles. The van der Waals surface area contributed by atoms with E-state index in [9.17, 15) is 4.79 Å². The monoisotopic (exact) mass is 380 g/mol. The van der Waals surface area contributed by atoms with Crippen LogP contribution in [-0.4, -0.2) is 43.6 Å². The number of aromatic nitrogens is 4. The Kier molecular flexibility index (Phi) is 5.21. The van der Waals surface area contributed by atoms with E-state index in [1.807, 2.05) is 19.2 Å². The molecule has 1 aliphatic rings. The van der Waals surface area contributed by atoms with Crippen LogP contribution in [0, 0.1) is 6.92 Å². The van der Waals surface area contributed by atoms with Crippen molar-refractivity contribution in [1.29, 1.82) is 0 Å². The summed E-state index contributed by atoms with van der Waals surface area (Å²) in [6.45, 7) is 7.19. The van der Waals surface area contributed by atoms with Gasteiger partial charge in [0.25, 0.3) is 5.91 Å². The van der Waals surface area contributed by atoms with Crippen LogP contribution in [0.2, 0.25) is 0 Å². The highest BCUT2D eigenvalue weighted by Crippen LogP contribution is 2.18. The molecular weight excluding hydrogens is 356 g/mol. The lowest BCUT2D eigenvalue weighted by molar-refractivity contribution is 0.0936. The fourth-order valence-corrected chi connectivity index (χ4v) is 3.58. The Morgan fingerprint density at radius 2 is 2.18 bits per heavy atom. The molecule has 3 aromatic rings. The molecule has 0 spiro atoms. The number of nitrogens with zero attached hydrogens (tertiary/aromatic N) is 5. The Labute approximate surface area is 163 Å². The van der Waals surface area contributed by atoms with Gasteiger partial charge in [0.2, 0.25) is 0 Å². The molecule has 1 amide bonds. The minimum atomic E-state index is -0.243. The van der Waals surface area contributed by atoms with Gasteiger partial charge in [-0.25, -0.2) is 0 Å². The van der Waals surface area contributed by atoms with Gasteiger partial charge < -0.3 is 14.3 Å². The third-order valence-electron chi connectivity index (χ3n) is 5.11. The Hall–Kier alpha value is -3.00. The highest BCUT2D eigenvalue weighted by atomic mass is 16.3. The van der Waals surface area contributed by atoms with Crippen molar-refractivity contribution in [2.45, 2.75) is 39.4 Å². The summed E-state index contributed by atoms with van der Waals surface area (Å²) in [5.74, 6) is 2.19. The summed E-state index contributed by atoms with van der Waals surface area (Å²) < 4.78 is 7.36. The molecule has 4 heterocycles. The Bertz CT molecular complexity index is 949. The van der Waals surface area contributed by atoms with Crippen molar-refractivity contribution in [2.75, 3.05) is 13.1 Å². The number of hydrogen-bond donors (Lipinski definition) is 1. The molecule has 0 bridgehead atoms. The second-order valence-corrected chi connectivity index (χ2v) is 7.10. The van der Waals surface area contributed by atoms with Crippen molar-refractivity contribution in [3.8, 4) is 0 Å². The number of nitrogens with one attached hydrogen (secondary N) is 1. The van der Waals surface area contributed by atoms with E-state index < -0.39 is 0 Å². The van der Waals surface area contributed by atoms with Crippen molar-refractivity contribution in [1.82, 2.24) is 30.0 Å². The predicted octanol–water partition coefficient (Wildman–Crippen LogP) is 2.12. The van der Waals surface area contributed by atoms with Crippen LogP contribution >= 0.6 is 0 Å². The van der Waals surface area contributed by atoms with Crippen molar-refractivity contribution in [2.24, 2.45) is 0 Å². The van der Waals surface area contributed by atoms with Gasteiger partial charge in [-0.15, -0.1) is 10.2 Å². The second kappa shape index (κ2) is 7.93. The van der Waals surface area contributed by atoms with Gasteiger partial charge in [-0.05, 0) is 31.5 Å². The summed E-state index contributed by atoms with van der Waals surface area (Å²) in [5, 5.41) is 11.7. The van der Waals surface area contributed by atoms with E-state index in [0.29, 0.717) is 11.3 Å². The van der Waals surface area contributed by atoms with E-state index in [0.717, 1.165) is 44.2 Å². The van der Waals surface area contributed by atoms with Gasteiger partial charge in [-0.1, -0.05) is 6.07 Å². The quantitative estimate of drug-likeness (QED) is 0.729. The van der Waals surface area contributed by atoms with Crippen LogP contribution in [0.15, 0.2) is 41.3 Å². The number of carbonyl (C=O) groups is 1. The summed E-state index contributed by atoms with van der Waals surface area (Å²) in [6, 6.07) is 5.50. The number of amides is 1. The van der Waals surface area contributed by atoms with E-state index in [2.05, 4.69) is 36.0 Å². The van der Waals surface area contributed by atoms with Crippen molar-refractivity contribution < 1.29 is 9.21 Å². The first-order chi connectivity index (χ1) is 13.6. The molecule has 1 aliphatic heterocycles. The summed E-state index contributed by atoms with van der Waals surface area (Å²) >= 11 is 0. The largest absolute Gasteiger partial charge is 0.469 e. The molecule has 0 fully saturated rings. The summed E-state index contributed by atoms with van der Waals surface area (Å²) in [6.07, 6.45) is 6.05. The van der Waals surface area contributed by atoms with Crippen LogP contribution in [-0.2, 0) is 19.5 Å². The van der Waals surface area contributed by atoms with Gasteiger partial charge in [-0.3, -0.25) is 14.7 Å². The second-order valence-electron chi connectivity index (χ2n) is 7.10. The smallest absolute Gasteiger partial charge is 0.255 e. The molecule has 8 heteroatoms. The maximum Gasteiger partial charge on any atom is 0.255 e. The lowest BCUT2D eigenvalue weighted by Crippen LogP contribution is -2.30. The number of carbonyl (C=O) groups excluding carboxylic acids is 1. The van der Waals surface area contributed by atoms with Crippen molar-refractivity contribution in [3.05, 3.63) is 65.4 Å². The zero-order valence-electron chi connectivity index (χ0n) is 16.1. The molecule has 0 saturated carbocycles. The molecule has 146 valence electrons. The van der Waals surface area contributed by atoms with E-state index in [1.165, 1.54) is 11.8 Å². The van der Waals surface area contributed by atoms with Crippen LogP contribution in [0.1, 0.15) is 46.3 Å². The molecule has 1 atom stereocenters. The van der Waals surface area contributed by atoms with Gasteiger partial charge in [0.1, 0.15) is 11.6 Å². The average Bonchev–Trinajstić information content (AvgIpc) is 3.25. The lowest BCUT2D eigenvalue weighted by Gasteiger charge is -2.20. The van der Waals surface area contributed by atoms with Gasteiger partial charge in [0.05, 0.1) is 17.9 Å². The minimum Gasteiger partial charge on any atom is -0.469 e. The van der Waals surface area contributed by atoms with E-state index in [1.54, 1.807) is 19.2 Å². The van der Waals surface area contributed by atoms with Gasteiger partial charge in [0, 0.05) is 45.0 Å². The molecule has 4 rings (SSSR count). The Morgan fingerprint density at radius 1 is 1.29 bits per heavy atom. The van der Waals surface area contributed by atoms with Crippen molar-refractivity contribution >= 4 is 5.91 Å². The average molecular weight is 380 g/mol. The molecule has 1 unspecified atom stereocenters. The molecule has 8 nitrogen and oxygen atoms in total. The third-order valence-corrected chi connectivity index (χ3v) is 5.11. The van der Waals surface area contributed by atoms with Gasteiger partial charge in [-0.2, -0.15) is 0 Å². The van der Waals surface area contributed by atoms with E-state index >= 15 is 0 Å². The highest BCUT2D eigenvalue weighted by Gasteiger charge is 2.23. The Balaban J connectivity index is 1.43. The fraction of sp³-hybridized carbons (Fsp3) is 0.400. The first kappa shape index (κ1) is 18.4. The summed E-state index contributed by atoms with van der Waals surface area (Å²) in [7, 11) is 0. The minimum absolute atomic E-state index is 0.164. The van der Waals surface area contributed by atoms with Crippen LogP contribution < -0.4 is 5.32 Å². The summed E-state index contributed by atoms with van der Waals surface area (Å²) in [5.41, 5.74) is 1.75. The van der Waals surface area contributed by atoms with Crippen molar-refractivity contribution in [3.63, 3.8) is 0 Å². The normalized spacial score (nSPS) is 15.6. The SMILES string of the molecule is Cc1occc1C(=O)NC(C)c1nnc2n1CCN(Cc1cccnc1)CC2. The van der Waals surface area contributed by atoms with Crippen LogP contribution in [0.4, 0.5) is 0 Å². The summed E-state index contributed by atoms with van der Waals surface area (Å²) in [4.78, 5) is 19.1. The van der Waals surface area contributed by atoms with Crippen LogP contribution in [0.3, 0.4) is 0 Å². The highest BCUT2D eigenvalue weighted by molar-refractivity contribution is 5.95. The zero-order valence-corrected chi connectivity index (χ0v) is 16.1. The Morgan fingerprint density at radius 3 is 2.93 bits per heavy atom. The maximum atomic E-state index is 12.5. The van der Waals surface area contributed by atoms with Gasteiger partial charge >= 0.3 is 0 Å². The third kappa shape index (κ3) is 3.82. The van der Waals surface area contributed by atoms with Crippen LogP contribution in [0.25, 0.3) is 0 Å². The number of fused-ring (bicyclic) bond motifs is 1. The topological polar surface area (TPSA) is 89.1 Å². The molecule has 3 aromatic heterocycles. The van der Waals surface area contributed by atoms with Gasteiger partial charge in [0.15, 0.2) is 5.82 Å². The molecule has 0 aromatic carbocycles. The van der Waals surface area contributed by atoms with E-state index in [-0.39, 0.29) is 11.9 Å². The number of hydrogen-bond acceptors (Lipinski definition) is 6. The molecular formula is C20H24N6O2. The number of pyridine rings is 1. The molecule has 1 N–H and O–H groups in total. The molecule has 0 radical (unpaired) electrons. The van der Waals surface area contributed by atoms with Crippen LogP contribution in [0.5, 0.6) is 0 Å². The first-order valence-corrected chi connectivity index (χ1v) is 9.50. The zero-order chi connectivity index (χ0) is 19.5. The number of rotatable bonds is 5. The fourth-order valence-electron chi connectivity index (χ4n) is 3.58. The lowest BCUT2D eigenvalue weighted by atomic mass is 10.2. The number of aryl methyl sites for hydroxylation is 1. The first-order valence-electron chi connectivity index (χ1n) is 9.50.